The van der Waals surface area contributed by atoms with Gasteiger partial charge in [-0.25, -0.2) is 5.06 Å². The highest BCUT2D eigenvalue weighted by Crippen LogP contribution is 2.36. The highest BCUT2D eigenvalue weighted by atomic mass is 16.7. The lowest BCUT2D eigenvalue weighted by molar-refractivity contribution is -0.199. The van der Waals surface area contributed by atoms with E-state index in [1.165, 1.54) is 0 Å². The zero-order chi connectivity index (χ0) is 16.4. The summed E-state index contributed by atoms with van der Waals surface area (Å²) in [5.74, 6) is 2.47. The summed E-state index contributed by atoms with van der Waals surface area (Å²) in [6.45, 7) is 5.78. The highest BCUT2D eigenvalue weighted by Gasteiger charge is 2.42. The Morgan fingerprint density at radius 3 is 3.00 bits per heavy atom. The van der Waals surface area contributed by atoms with E-state index in [0.29, 0.717) is 37.4 Å². The molecule has 0 N–H and O–H groups in total. The molecule has 6 heteroatoms. The van der Waals surface area contributed by atoms with Gasteiger partial charge in [-0.2, -0.15) is 0 Å². The lowest BCUT2D eigenvalue weighted by Crippen LogP contribution is -2.41. The van der Waals surface area contributed by atoms with Crippen molar-refractivity contribution in [3.63, 3.8) is 0 Å². The van der Waals surface area contributed by atoms with Crippen LogP contribution in [0.4, 0.5) is 0 Å². The van der Waals surface area contributed by atoms with E-state index in [4.69, 9.17) is 14.0 Å². The van der Waals surface area contributed by atoms with Crippen molar-refractivity contribution in [2.45, 2.75) is 25.8 Å². The zero-order valence-electron chi connectivity index (χ0n) is 14.1. The van der Waals surface area contributed by atoms with Gasteiger partial charge in [-0.3, -0.25) is 14.5 Å². The third-order valence-corrected chi connectivity index (χ3v) is 5.51. The number of fused-ring (bicyclic) bond motifs is 1. The van der Waals surface area contributed by atoms with Crippen LogP contribution < -0.4 is 0 Å². The van der Waals surface area contributed by atoms with E-state index in [2.05, 4.69) is 4.90 Å². The average molecular weight is 334 g/mol. The topological polar surface area (TPSA) is 55.2 Å². The summed E-state index contributed by atoms with van der Waals surface area (Å²) in [4.78, 5) is 20.4. The van der Waals surface area contributed by atoms with Gasteiger partial charge in [0, 0.05) is 26.1 Å². The summed E-state index contributed by atoms with van der Waals surface area (Å²) in [6, 6.07) is 3.95. The van der Waals surface area contributed by atoms with E-state index in [-0.39, 0.29) is 5.91 Å². The van der Waals surface area contributed by atoms with Gasteiger partial charge in [-0.1, -0.05) is 0 Å². The third-order valence-electron chi connectivity index (χ3n) is 5.51. The van der Waals surface area contributed by atoms with Gasteiger partial charge >= 0.3 is 0 Å². The van der Waals surface area contributed by atoms with Crippen LogP contribution in [0, 0.1) is 17.8 Å². The van der Waals surface area contributed by atoms with E-state index < -0.39 is 0 Å². The maximum atomic E-state index is 12.5. The first-order valence-electron chi connectivity index (χ1n) is 9.05. The van der Waals surface area contributed by atoms with Crippen LogP contribution in [-0.2, 0) is 20.9 Å². The van der Waals surface area contributed by atoms with Crippen LogP contribution in [0.5, 0.6) is 0 Å². The lowest BCUT2D eigenvalue weighted by Gasteiger charge is -2.34. The molecule has 3 aliphatic rings. The Morgan fingerprint density at radius 1 is 1.25 bits per heavy atom. The molecule has 6 nitrogen and oxygen atoms in total. The maximum Gasteiger partial charge on any atom is 0.246 e. The second kappa shape index (κ2) is 7.25. The number of nitrogens with zero attached hydrogens (tertiary/aromatic N) is 2. The van der Waals surface area contributed by atoms with Gasteiger partial charge in [0.05, 0.1) is 32.6 Å². The van der Waals surface area contributed by atoms with Crippen LogP contribution in [0.2, 0.25) is 0 Å². The number of ether oxygens (including phenoxy) is 1. The quantitative estimate of drug-likeness (QED) is 0.842. The maximum absolute atomic E-state index is 12.5. The largest absolute Gasteiger partial charge is 0.468 e. The number of carbonyl (C=O) groups is 1. The van der Waals surface area contributed by atoms with E-state index in [1.54, 1.807) is 11.3 Å². The molecular weight excluding hydrogens is 308 g/mol. The van der Waals surface area contributed by atoms with Crippen molar-refractivity contribution in [3.05, 3.63) is 24.2 Å². The predicted octanol–water partition coefficient (Wildman–Crippen LogP) is 1.92. The Hall–Kier alpha value is -1.37. The molecule has 1 aromatic heterocycles. The minimum absolute atomic E-state index is 0.119. The van der Waals surface area contributed by atoms with Crippen molar-refractivity contribution in [2.24, 2.45) is 17.8 Å². The molecule has 3 fully saturated rings. The Morgan fingerprint density at radius 2 is 2.21 bits per heavy atom. The first-order valence-corrected chi connectivity index (χ1v) is 9.05. The molecule has 3 atom stereocenters. The predicted molar refractivity (Wildman–Crippen MR) is 86.8 cm³/mol. The number of hydrogen-bond donors (Lipinski definition) is 0. The van der Waals surface area contributed by atoms with Crippen molar-refractivity contribution in [3.8, 4) is 0 Å². The van der Waals surface area contributed by atoms with Crippen LogP contribution in [0.25, 0.3) is 0 Å². The lowest BCUT2D eigenvalue weighted by atomic mass is 9.81. The van der Waals surface area contributed by atoms with Crippen LogP contribution in [0.15, 0.2) is 22.8 Å². The van der Waals surface area contributed by atoms with Gasteiger partial charge in [0.15, 0.2) is 0 Å². The van der Waals surface area contributed by atoms with Gasteiger partial charge in [-0.15, -0.1) is 0 Å². The van der Waals surface area contributed by atoms with E-state index in [9.17, 15) is 4.79 Å². The van der Waals surface area contributed by atoms with E-state index in [0.717, 1.165) is 51.4 Å². The van der Waals surface area contributed by atoms with Crippen LogP contribution in [0.3, 0.4) is 0 Å². The number of hydrogen-bond acceptors (Lipinski definition) is 5. The van der Waals surface area contributed by atoms with Crippen molar-refractivity contribution in [1.29, 1.82) is 0 Å². The van der Waals surface area contributed by atoms with Crippen molar-refractivity contribution in [1.82, 2.24) is 9.96 Å². The van der Waals surface area contributed by atoms with Crippen molar-refractivity contribution in [2.75, 3.05) is 39.5 Å². The van der Waals surface area contributed by atoms with Crippen LogP contribution >= 0.6 is 0 Å². The SMILES string of the molecule is O=C(C[C@@H]1COC[C@H]2CN(Cc3ccco3)C[C@@H]12)N1CCCCO1. The molecule has 0 aromatic carbocycles. The Labute approximate surface area is 142 Å². The van der Waals surface area contributed by atoms with Gasteiger partial charge in [-0.05, 0) is 42.7 Å². The normalized spacial score (nSPS) is 31.2. The van der Waals surface area contributed by atoms with Crippen molar-refractivity contribution < 1.29 is 18.8 Å². The highest BCUT2D eigenvalue weighted by molar-refractivity contribution is 5.75. The molecule has 0 bridgehead atoms. The molecule has 1 aromatic rings. The standard InChI is InChI=1S/C18H26N2O4/c21-18(20-5-1-2-7-24-20)8-14-12-22-13-15-9-19(11-17(14)15)10-16-4-3-6-23-16/h3-4,6,14-15,17H,1-2,5,7-13H2/t14-,15-,17+/m1/s1. The second-order valence-electron chi connectivity index (χ2n) is 7.24. The van der Waals surface area contributed by atoms with Crippen LogP contribution in [-0.4, -0.2) is 55.3 Å². The second-order valence-corrected chi connectivity index (χ2v) is 7.24. The van der Waals surface area contributed by atoms with Gasteiger partial charge in [0.1, 0.15) is 5.76 Å². The number of amides is 1. The Balaban J connectivity index is 1.35. The van der Waals surface area contributed by atoms with E-state index >= 15 is 0 Å². The smallest absolute Gasteiger partial charge is 0.246 e. The number of furan rings is 1. The molecule has 132 valence electrons. The zero-order valence-corrected chi connectivity index (χ0v) is 14.1. The minimum atomic E-state index is 0.119. The molecule has 1 amide bonds. The summed E-state index contributed by atoms with van der Waals surface area (Å²) in [6.07, 6.45) is 4.34. The molecule has 0 unspecified atom stereocenters. The molecule has 0 radical (unpaired) electrons. The fraction of sp³-hybridized carbons (Fsp3) is 0.722. The summed E-state index contributed by atoms with van der Waals surface area (Å²) in [7, 11) is 0. The first-order chi connectivity index (χ1) is 11.8. The number of rotatable bonds is 4. The van der Waals surface area contributed by atoms with E-state index in [1.807, 2.05) is 12.1 Å². The van der Waals surface area contributed by atoms with Gasteiger partial charge < -0.3 is 9.15 Å². The van der Waals surface area contributed by atoms with Crippen molar-refractivity contribution >= 4 is 5.91 Å². The summed E-state index contributed by atoms with van der Waals surface area (Å²) < 4.78 is 11.3. The Kier molecular flexibility index (Phi) is 4.87. The summed E-state index contributed by atoms with van der Waals surface area (Å²) in [5, 5.41) is 1.57. The molecule has 4 heterocycles. The number of hydroxylamine groups is 2. The monoisotopic (exact) mass is 334 g/mol. The molecule has 4 rings (SSSR count). The molecule has 0 saturated carbocycles. The van der Waals surface area contributed by atoms with Crippen LogP contribution in [0.1, 0.15) is 25.0 Å². The third kappa shape index (κ3) is 3.50. The summed E-state index contributed by atoms with van der Waals surface area (Å²) >= 11 is 0. The fourth-order valence-corrected chi connectivity index (χ4v) is 4.28. The average Bonchev–Trinajstić information content (AvgIpc) is 3.26. The van der Waals surface area contributed by atoms with Gasteiger partial charge in [0.25, 0.3) is 0 Å². The Bertz CT molecular complexity index is 541. The molecule has 0 aliphatic carbocycles. The minimum Gasteiger partial charge on any atom is -0.468 e. The number of carbonyl (C=O) groups excluding carboxylic acids is 1. The molecule has 3 aliphatic heterocycles. The number of likely N-dealkylation sites (tertiary alicyclic amines) is 1. The first kappa shape index (κ1) is 16.1. The van der Waals surface area contributed by atoms with Gasteiger partial charge in [0.2, 0.25) is 5.91 Å². The molecule has 0 spiro atoms. The fourth-order valence-electron chi connectivity index (χ4n) is 4.28. The molecule has 3 saturated heterocycles. The summed E-state index contributed by atoms with van der Waals surface area (Å²) in [5.41, 5.74) is 0. The molecule has 24 heavy (non-hydrogen) atoms. The molecular formula is C18H26N2O4.